The van der Waals surface area contributed by atoms with Gasteiger partial charge in [0.05, 0.1) is 4.47 Å². The lowest BCUT2D eigenvalue weighted by atomic mass is 10.0. The summed E-state index contributed by atoms with van der Waals surface area (Å²) in [4.78, 5) is 10.4. The van der Waals surface area contributed by atoms with Gasteiger partial charge in [-0.15, -0.1) is 0 Å². The van der Waals surface area contributed by atoms with E-state index in [4.69, 9.17) is 5.11 Å². The Kier molecular flexibility index (Phi) is 3.74. The van der Waals surface area contributed by atoms with Crippen LogP contribution in [0, 0.1) is 13.8 Å². The summed E-state index contributed by atoms with van der Waals surface area (Å²) in [5.74, 6) is -0.621. The second kappa shape index (κ2) is 4.66. The molecule has 0 spiro atoms. The van der Waals surface area contributed by atoms with E-state index < -0.39 is 5.97 Å². The average Bonchev–Trinajstić information content (AvgIpc) is 2.18. The minimum atomic E-state index is -0.825. The Morgan fingerprint density at radius 2 is 2.07 bits per heavy atom. The molecule has 0 saturated carbocycles. The molecule has 0 aliphatic heterocycles. The zero-order valence-corrected chi connectivity index (χ0v) is 10.3. The zero-order valence-electron chi connectivity index (χ0n) is 8.67. The molecule has 0 saturated heterocycles. The second-order valence-electron chi connectivity index (χ2n) is 3.53. The molecule has 1 aromatic carbocycles. The van der Waals surface area contributed by atoms with Crippen LogP contribution >= 0.6 is 15.9 Å². The molecule has 15 heavy (non-hydrogen) atoms. The number of aryl methyl sites for hydroxylation is 2. The van der Waals surface area contributed by atoms with Gasteiger partial charge in [0.2, 0.25) is 0 Å². The number of aliphatic carboxylic acids is 1. The number of phenols is 1. The molecular weight excluding hydrogens is 260 g/mol. The van der Waals surface area contributed by atoms with E-state index in [0.29, 0.717) is 10.9 Å². The summed E-state index contributed by atoms with van der Waals surface area (Å²) in [6.07, 6.45) is 0.532. The van der Waals surface area contributed by atoms with E-state index in [1.807, 2.05) is 13.0 Å². The Labute approximate surface area is 96.9 Å². The lowest BCUT2D eigenvalue weighted by Gasteiger charge is -2.10. The topological polar surface area (TPSA) is 57.5 Å². The van der Waals surface area contributed by atoms with E-state index in [0.717, 1.165) is 16.7 Å². The quantitative estimate of drug-likeness (QED) is 0.890. The Morgan fingerprint density at radius 3 is 2.60 bits per heavy atom. The third-order valence-corrected chi connectivity index (χ3v) is 3.39. The molecule has 0 bridgehead atoms. The average molecular weight is 273 g/mol. The van der Waals surface area contributed by atoms with Crippen molar-refractivity contribution in [2.75, 3.05) is 0 Å². The van der Waals surface area contributed by atoms with Gasteiger partial charge in [-0.1, -0.05) is 6.07 Å². The van der Waals surface area contributed by atoms with Gasteiger partial charge < -0.3 is 10.2 Å². The molecule has 0 atom stereocenters. The molecule has 3 nitrogen and oxygen atoms in total. The van der Waals surface area contributed by atoms with Gasteiger partial charge in [-0.05, 0) is 52.9 Å². The van der Waals surface area contributed by atoms with Crippen LogP contribution in [0.5, 0.6) is 5.75 Å². The van der Waals surface area contributed by atoms with E-state index in [9.17, 15) is 9.90 Å². The summed E-state index contributed by atoms with van der Waals surface area (Å²) in [5, 5.41) is 18.3. The number of hydrogen-bond donors (Lipinski definition) is 2. The van der Waals surface area contributed by atoms with Crippen molar-refractivity contribution in [3.8, 4) is 5.75 Å². The fraction of sp³-hybridized carbons (Fsp3) is 0.364. The number of phenolic OH excluding ortho intramolecular Hbond substituents is 1. The van der Waals surface area contributed by atoms with Crippen molar-refractivity contribution in [1.29, 1.82) is 0 Å². The first-order valence-electron chi connectivity index (χ1n) is 4.62. The zero-order chi connectivity index (χ0) is 11.6. The Morgan fingerprint density at radius 1 is 1.47 bits per heavy atom. The molecule has 0 amide bonds. The maximum Gasteiger partial charge on any atom is 0.303 e. The van der Waals surface area contributed by atoms with E-state index in [-0.39, 0.29) is 12.2 Å². The third-order valence-electron chi connectivity index (χ3n) is 2.39. The number of halogens is 1. The van der Waals surface area contributed by atoms with E-state index in [2.05, 4.69) is 15.9 Å². The number of hydrogen-bond acceptors (Lipinski definition) is 2. The summed E-state index contributed by atoms with van der Waals surface area (Å²) < 4.78 is 0.680. The summed E-state index contributed by atoms with van der Waals surface area (Å²) in [6, 6.07) is 1.90. The molecule has 0 aliphatic carbocycles. The van der Waals surface area contributed by atoms with Crippen LogP contribution in [0.4, 0.5) is 0 Å². The molecule has 1 rings (SSSR count). The number of carboxylic acids is 1. The molecule has 0 fully saturated rings. The van der Waals surface area contributed by atoms with Crippen LogP contribution in [0.2, 0.25) is 0 Å². The molecule has 0 aromatic heterocycles. The number of benzene rings is 1. The highest BCUT2D eigenvalue weighted by molar-refractivity contribution is 9.10. The van der Waals surface area contributed by atoms with Crippen LogP contribution < -0.4 is 0 Å². The number of rotatable bonds is 3. The van der Waals surface area contributed by atoms with E-state index in [1.54, 1.807) is 6.92 Å². The highest BCUT2D eigenvalue weighted by atomic mass is 79.9. The van der Waals surface area contributed by atoms with Gasteiger partial charge >= 0.3 is 5.97 Å². The molecule has 0 radical (unpaired) electrons. The molecule has 0 aliphatic rings. The minimum Gasteiger partial charge on any atom is -0.506 e. The van der Waals surface area contributed by atoms with Crippen LogP contribution in [-0.2, 0) is 11.2 Å². The van der Waals surface area contributed by atoms with Gasteiger partial charge in [-0.25, -0.2) is 0 Å². The van der Waals surface area contributed by atoms with Gasteiger partial charge in [0.1, 0.15) is 5.75 Å². The predicted octanol–water partition coefficient (Wildman–Crippen LogP) is 2.79. The van der Waals surface area contributed by atoms with Crippen LogP contribution in [0.1, 0.15) is 23.1 Å². The molecule has 0 heterocycles. The van der Waals surface area contributed by atoms with Crippen molar-refractivity contribution in [2.24, 2.45) is 0 Å². The highest BCUT2D eigenvalue weighted by Crippen LogP contribution is 2.33. The number of carbonyl (C=O) groups is 1. The standard InChI is InChI=1S/C11H13BrO3/c1-6-5-8(3-4-9(13)14)7(2)11(15)10(6)12/h5,15H,3-4H2,1-2H3,(H,13,14). The summed E-state index contributed by atoms with van der Waals surface area (Å²) in [6.45, 7) is 3.66. The Bertz CT molecular complexity index is 399. The van der Waals surface area contributed by atoms with Gasteiger partial charge in [0.25, 0.3) is 0 Å². The lowest BCUT2D eigenvalue weighted by Crippen LogP contribution is -2.00. The smallest absolute Gasteiger partial charge is 0.303 e. The predicted molar refractivity (Wildman–Crippen MR) is 61.2 cm³/mol. The first-order chi connectivity index (χ1) is 6.93. The summed E-state index contributed by atoms with van der Waals surface area (Å²) in [7, 11) is 0. The Balaban J connectivity index is 3.04. The first-order valence-corrected chi connectivity index (χ1v) is 5.42. The molecule has 2 N–H and O–H groups in total. The monoisotopic (exact) mass is 272 g/mol. The second-order valence-corrected chi connectivity index (χ2v) is 4.33. The molecular formula is C11H13BrO3. The fourth-order valence-corrected chi connectivity index (χ4v) is 1.85. The summed E-state index contributed by atoms with van der Waals surface area (Å²) >= 11 is 3.28. The van der Waals surface area contributed by atoms with Gasteiger partial charge in [0, 0.05) is 6.42 Å². The largest absolute Gasteiger partial charge is 0.506 e. The molecule has 82 valence electrons. The maximum absolute atomic E-state index is 10.4. The lowest BCUT2D eigenvalue weighted by molar-refractivity contribution is -0.136. The first kappa shape index (κ1) is 12.0. The van der Waals surface area contributed by atoms with Crippen molar-refractivity contribution in [1.82, 2.24) is 0 Å². The minimum absolute atomic E-state index is 0.0847. The molecule has 1 aromatic rings. The van der Waals surface area contributed by atoms with Gasteiger partial charge in [0.15, 0.2) is 0 Å². The van der Waals surface area contributed by atoms with E-state index in [1.165, 1.54) is 0 Å². The number of aromatic hydroxyl groups is 1. The number of carboxylic acid groups (broad SMARTS) is 1. The van der Waals surface area contributed by atoms with Crippen molar-refractivity contribution in [3.05, 3.63) is 27.2 Å². The van der Waals surface area contributed by atoms with Gasteiger partial charge in [-0.3, -0.25) is 4.79 Å². The normalized spacial score (nSPS) is 10.3. The van der Waals surface area contributed by atoms with Crippen LogP contribution in [0.15, 0.2) is 10.5 Å². The Hall–Kier alpha value is -1.03. The van der Waals surface area contributed by atoms with Crippen LogP contribution in [-0.4, -0.2) is 16.2 Å². The van der Waals surface area contributed by atoms with Crippen molar-refractivity contribution >= 4 is 21.9 Å². The SMILES string of the molecule is Cc1cc(CCC(=O)O)c(C)c(O)c1Br. The van der Waals surface area contributed by atoms with Crippen molar-refractivity contribution in [2.45, 2.75) is 26.7 Å². The fourth-order valence-electron chi connectivity index (χ4n) is 1.44. The van der Waals surface area contributed by atoms with Crippen LogP contribution in [0.3, 0.4) is 0 Å². The van der Waals surface area contributed by atoms with Crippen LogP contribution in [0.25, 0.3) is 0 Å². The van der Waals surface area contributed by atoms with Crippen molar-refractivity contribution < 1.29 is 15.0 Å². The van der Waals surface area contributed by atoms with Crippen molar-refractivity contribution in [3.63, 3.8) is 0 Å². The molecule has 0 unspecified atom stereocenters. The summed E-state index contributed by atoms with van der Waals surface area (Å²) in [5.41, 5.74) is 2.54. The van der Waals surface area contributed by atoms with Gasteiger partial charge in [-0.2, -0.15) is 0 Å². The van der Waals surface area contributed by atoms with E-state index >= 15 is 0 Å². The maximum atomic E-state index is 10.4. The third kappa shape index (κ3) is 2.72. The highest BCUT2D eigenvalue weighted by Gasteiger charge is 2.11. The molecule has 4 heteroatoms.